The van der Waals surface area contributed by atoms with Crippen LogP contribution in [0.15, 0.2) is 71.6 Å². The van der Waals surface area contributed by atoms with E-state index >= 15 is 0 Å². The van der Waals surface area contributed by atoms with Gasteiger partial charge >= 0.3 is 0 Å². The number of benzene rings is 3. The predicted octanol–water partition coefficient (Wildman–Crippen LogP) is 5.75. The lowest BCUT2D eigenvalue weighted by atomic mass is 10.1. The zero-order chi connectivity index (χ0) is 21.2. The van der Waals surface area contributed by atoms with E-state index in [2.05, 4.69) is 0 Å². The first-order valence-corrected chi connectivity index (χ1v) is 10.8. The van der Waals surface area contributed by atoms with Crippen molar-refractivity contribution in [1.29, 1.82) is 0 Å². The number of ether oxygens (including phenoxy) is 1. The molecule has 1 unspecified atom stereocenters. The number of nitrogens with zero attached hydrogens (tertiary/aromatic N) is 1. The zero-order valence-electron chi connectivity index (χ0n) is 16.3. The summed E-state index contributed by atoms with van der Waals surface area (Å²) in [4.78, 5) is 0.0724. The average molecular weight is 434 g/mol. The first-order chi connectivity index (χ1) is 13.7. The minimum absolute atomic E-state index is 0.0724. The molecule has 0 spiro atoms. The van der Waals surface area contributed by atoms with Gasteiger partial charge in [-0.1, -0.05) is 29.8 Å². The standard InChI is InChI=1S/C22H21ClFNO3S/c1-15-4-9-19(14-22(15)24)25(16(2)17-5-10-20(28-3)11-6-17)29(26,27)21-12-7-18(23)8-13-21/h4-14,16H,1-3H3. The van der Waals surface area contributed by atoms with Gasteiger partial charge in [-0.3, -0.25) is 4.31 Å². The molecule has 0 aliphatic rings. The molecule has 4 nitrogen and oxygen atoms in total. The highest BCUT2D eigenvalue weighted by molar-refractivity contribution is 7.92. The highest BCUT2D eigenvalue weighted by Crippen LogP contribution is 2.35. The molecule has 0 saturated heterocycles. The van der Waals surface area contributed by atoms with Crippen molar-refractivity contribution < 1.29 is 17.5 Å². The number of sulfonamides is 1. The molecule has 0 aliphatic carbocycles. The molecule has 0 heterocycles. The van der Waals surface area contributed by atoms with Crippen LogP contribution in [0.4, 0.5) is 10.1 Å². The molecule has 0 fully saturated rings. The maximum atomic E-state index is 14.3. The lowest BCUT2D eigenvalue weighted by Crippen LogP contribution is -2.33. The van der Waals surface area contributed by atoms with Crippen molar-refractivity contribution in [3.05, 3.63) is 88.7 Å². The maximum Gasteiger partial charge on any atom is 0.264 e. The van der Waals surface area contributed by atoms with Crippen LogP contribution < -0.4 is 9.04 Å². The lowest BCUT2D eigenvalue weighted by Gasteiger charge is -2.31. The first-order valence-electron chi connectivity index (χ1n) is 8.94. The van der Waals surface area contributed by atoms with Crippen molar-refractivity contribution in [2.75, 3.05) is 11.4 Å². The van der Waals surface area contributed by atoms with Crippen molar-refractivity contribution in [2.24, 2.45) is 0 Å². The molecule has 0 N–H and O–H groups in total. The quantitative estimate of drug-likeness (QED) is 0.497. The Morgan fingerprint density at radius 3 is 2.17 bits per heavy atom. The minimum Gasteiger partial charge on any atom is -0.497 e. The van der Waals surface area contributed by atoms with Crippen molar-refractivity contribution in [2.45, 2.75) is 24.8 Å². The molecule has 0 saturated carbocycles. The fraction of sp³-hybridized carbons (Fsp3) is 0.182. The Balaban J connectivity index is 2.14. The van der Waals surface area contributed by atoms with Crippen molar-refractivity contribution in [3.63, 3.8) is 0 Å². The van der Waals surface area contributed by atoms with E-state index in [0.717, 1.165) is 5.56 Å². The lowest BCUT2D eigenvalue weighted by molar-refractivity contribution is 0.414. The Kier molecular flexibility index (Phi) is 6.15. The van der Waals surface area contributed by atoms with Gasteiger partial charge in [0.25, 0.3) is 10.0 Å². The Morgan fingerprint density at radius 2 is 1.62 bits per heavy atom. The second-order valence-electron chi connectivity index (χ2n) is 6.64. The summed E-state index contributed by atoms with van der Waals surface area (Å²) in [5, 5.41) is 0.431. The van der Waals surface area contributed by atoms with Gasteiger partial charge in [0.1, 0.15) is 11.6 Å². The maximum absolute atomic E-state index is 14.3. The molecule has 0 bridgehead atoms. The molecule has 3 rings (SSSR count). The third kappa shape index (κ3) is 4.38. The van der Waals surface area contributed by atoms with Crippen LogP contribution in [0, 0.1) is 12.7 Å². The third-order valence-corrected chi connectivity index (χ3v) is 6.90. The average Bonchev–Trinajstić information content (AvgIpc) is 2.71. The highest BCUT2D eigenvalue weighted by atomic mass is 35.5. The highest BCUT2D eigenvalue weighted by Gasteiger charge is 2.31. The number of aryl methyl sites for hydroxylation is 1. The van der Waals surface area contributed by atoms with Gasteiger partial charge < -0.3 is 4.74 Å². The molecule has 29 heavy (non-hydrogen) atoms. The van der Waals surface area contributed by atoms with Gasteiger partial charge in [0, 0.05) is 5.02 Å². The zero-order valence-corrected chi connectivity index (χ0v) is 17.8. The summed E-state index contributed by atoms with van der Waals surface area (Å²) < 4.78 is 47.7. The number of rotatable bonds is 6. The molecule has 152 valence electrons. The van der Waals surface area contributed by atoms with Crippen LogP contribution in [0.25, 0.3) is 0 Å². The van der Waals surface area contributed by atoms with Crippen LogP contribution in [0.1, 0.15) is 24.1 Å². The summed E-state index contributed by atoms with van der Waals surface area (Å²) in [5.74, 6) is 0.190. The molecule has 0 aliphatic heterocycles. The summed E-state index contributed by atoms with van der Waals surface area (Å²) in [6, 6.07) is 16.8. The van der Waals surface area contributed by atoms with E-state index in [4.69, 9.17) is 16.3 Å². The number of hydrogen-bond donors (Lipinski definition) is 0. The van der Waals surface area contributed by atoms with Gasteiger partial charge in [-0.15, -0.1) is 0 Å². The van der Waals surface area contributed by atoms with Crippen LogP contribution in [-0.4, -0.2) is 15.5 Å². The van der Waals surface area contributed by atoms with E-state index in [1.165, 1.54) is 34.6 Å². The van der Waals surface area contributed by atoms with Gasteiger partial charge in [-0.05, 0) is 73.5 Å². The summed E-state index contributed by atoms with van der Waals surface area (Å²) in [6.07, 6.45) is 0. The fourth-order valence-corrected chi connectivity index (χ4v) is 4.79. The van der Waals surface area contributed by atoms with E-state index in [0.29, 0.717) is 16.3 Å². The molecule has 0 radical (unpaired) electrons. The molecule has 0 aromatic heterocycles. The molecule has 3 aromatic rings. The van der Waals surface area contributed by atoms with Crippen molar-refractivity contribution >= 4 is 27.3 Å². The van der Waals surface area contributed by atoms with Crippen LogP contribution in [0.5, 0.6) is 5.75 Å². The van der Waals surface area contributed by atoms with E-state index in [1.54, 1.807) is 57.4 Å². The molecule has 1 atom stereocenters. The molecule has 7 heteroatoms. The predicted molar refractivity (Wildman–Crippen MR) is 114 cm³/mol. The molecule has 3 aromatic carbocycles. The van der Waals surface area contributed by atoms with E-state index in [-0.39, 0.29) is 10.6 Å². The Bertz CT molecular complexity index is 1100. The Morgan fingerprint density at radius 1 is 1.00 bits per heavy atom. The third-order valence-electron chi connectivity index (χ3n) is 4.73. The fourth-order valence-electron chi connectivity index (χ4n) is 3.03. The summed E-state index contributed by atoms with van der Waals surface area (Å²) in [7, 11) is -2.43. The topological polar surface area (TPSA) is 46.6 Å². The van der Waals surface area contributed by atoms with Crippen molar-refractivity contribution in [1.82, 2.24) is 0 Å². The van der Waals surface area contributed by atoms with Crippen LogP contribution in [0.3, 0.4) is 0 Å². The summed E-state index contributed by atoms with van der Waals surface area (Å²) >= 11 is 5.91. The van der Waals surface area contributed by atoms with Crippen LogP contribution in [0.2, 0.25) is 5.02 Å². The van der Waals surface area contributed by atoms with Gasteiger partial charge in [0.2, 0.25) is 0 Å². The van der Waals surface area contributed by atoms with Crippen LogP contribution in [-0.2, 0) is 10.0 Å². The number of methoxy groups -OCH3 is 1. The first kappa shape index (κ1) is 21.1. The second kappa shape index (κ2) is 8.43. The SMILES string of the molecule is COc1ccc(C(C)N(c2ccc(C)c(F)c2)S(=O)(=O)c2ccc(Cl)cc2)cc1. The Labute approximate surface area is 175 Å². The van der Waals surface area contributed by atoms with Gasteiger partial charge in [-0.2, -0.15) is 0 Å². The van der Waals surface area contributed by atoms with Crippen molar-refractivity contribution in [3.8, 4) is 5.75 Å². The van der Waals surface area contributed by atoms with Gasteiger partial charge in [-0.25, -0.2) is 12.8 Å². The summed E-state index contributed by atoms with van der Waals surface area (Å²) in [6.45, 7) is 3.39. The normalized spacial score (nSPS) is 12.4. The molecular weight excluding hydrogens is 413 g/mol. The summed E-state index contributed by atoms with van der Waals surface area (Å²) in [5.41, 5.74) is 1.42. The minimum atomic E-state index is -3.99. The largest absolute Gasteiger partial charge is 0.497 e. The van der Waals surface area contributed by atoms with Gasteiger partial charge in [0.05, 0.1) is 23.7 Å². The monoisotopic (exact) mass is 433 g/mol. The smallest absolute Gasteiger partial charge is 0.264 e. The number of halogens is 2. The number of hydrogen-bond acceptors (Lipinski definition) is 3. The Hall–Kier alpha value is -2.57. The van der Waals surface area contributed by atoms with Crippen LogP contribution >= 0.6 is 11.6 Å². The van der Waals surface area contributed by atoms with E-state index < -0.39 is 21.9 Å². The molecule has 0 amide bonds. The van der Waals surface area contributed by atoms with E-state index in [1.807, 2.05) is 0 Å². The second-order valence-corrected chi connectivity index (χ2v) is 8.89. The van der Waals surface area contributed by atoms with Gasteiger partial charge in [0.15, 0.2) is 0 Å². The number of anilines is 1. The molecular formula is C22H21ClFNO3S. The van der Waals surface area contributed by atoms with E-state index in [9.17, 15) is 12.8 Å².